The summed E-state index contributed by atoms with van der Waals surface area (Å²) in [5.41, 5.74) is 1.12. The Kier molecular flexibility index (Phi) is 5.87. The average molecular weight is 496 g/mol. The number of halogens is 2. The van der Waals surface area contributed by atoms with Gasteiger partial charge in [0.25, 0.3) is 0 Å². The van der Waals surface area contributed by atoms with Gasteiger partial charge in [-0.2, -0.15) is 4.98 Å². The van der Waals surface area contributed by atoms with Crippen LogP contribution < -0.4 is 15.0 Å². The van der Waals surface area contributed by atoms with Crippen molar-refractivity contribution in [3.05, 3.63) is 36.4 Å². The Labute approximate surface area is 207 Å². The lowest BCUT2D eigenvalue weighted by atomic mass is 9.82. The molecule has 2 N–H and O–H groups in total. The van der Waals surface area contributed by atoms with Gasteiger partial charge in [-0.05, 0) is 44.2 Å². The van der Waals surface area contributed by atoms with Crippen LogP contribution in [0, 0.1) is 5.82 Å². The highest BCUT2D eigenvalue weighted by molar-refractivity contribution is 5.72. The van der Waals surface area contributed by atoms with Crippen molar-refractivity contribution in [2.45, 2.75) is 68.9 Å². The minimum absolute atomic E-state index is 0.0100. The van der Waals surface area contributed by atoms with Crippen molar-refractivity contribution in [1.82, 2.24) is 30.5 Å². The SMILES string of the molecule is COc1ncc(F)c(-c2ccc(-c3cnc(N(C4CC4)[C@H]4C[C@@H]5CCC[C@H](N5)[C@H]4F)nn3)c(O)c2)n1. The molecule has 9 nitrogen and oxygen atoms in total. The van der Waals surface area contributed by atoms with E-state index in [4.69, 9.17) is 4.74 Å². The van der Waals surface area contributed by atoms with Crippen LogP contribution >= 0.6 is 0 Å². The molecule has 2 aliphatic heterocycles. The van der Waals surface area contributed by atoms with Crippen LogP contribution in [-0.2, 0) is 0 Å². The van der Waals surface area contributed by atoms with Crippen LogP contribution in [0.4, 0.5) is 14.7 Å². The summed E-state index contributed by atoms with van der Waals surface area (Å²) in [7, 11) is 1.39. The molecule has 3 aromatic rings. The van der Waals surface area contributed by atoms with Gasteiger partial charge in [0.05, 0.1) is 25.5 Å². The van der Waals surface area contributed by atoms with E-state index in [-0.39, 0.29) is 35.6 Å². The maximum Gasteiger partial charge on any atom is 0.316 e. The molecule has 0 unspecified atom stereocenters. The number of alkyl halides is 1. The lowest BCUT2D eigenvalue weighted by Crippen LogP contribution is -2.62. The molecule has 4 atom stereocenters. The minimum Gasteiger partial charge on any atom is -0.507 e. The number of hydrogen-bond donors (Lipinski definition) is 2. The van der Waals surface area contributed by atoms with Crippen molar-refractivity contribution >= 4 is 5.95 Å². The molecule has 1 aromatic carbocycles. The number of ether oxygens (including phenoxy) is 1. The molecule has 0 amide bonds. The summed E-state index contributed by atoms with van der Waals surface area (Å²) in [6.45, 7) is 0. The van der Waals surface area contributed by atoms with E-state index in [1.807, 2.05) is 4.90 Å². The topological polar surface area (TPSA) is 109 Å². The Morgan fingerprint density at radius 2 is 1.97 bits per heavy atom. The van der Waals surface area contributed by atoms with Gasteiger partial charge in [-0.25, -0.2) is 18.7 Å². The second kappa shape index (κ2) is 9.20. The average Bonchev–Trinajstić information content (AvgIpc) is 3.73. The third-order valence-corrected chi connectivity index (χ3v) is 7.33. The Morgan fingerprint density at radius 3 is 2.69 bits per heavy atom. The van der Waals surface area contributed by atoms with Gasteiger partial charge in [0.2, 0.25) is 5.95 Å². The summed E-state index contributed by atoms with van der Waals surface area (Å²) in [5.74, 6) is -0.343. The quantitative estimate of drug-likeness (QED) is 0.531. The third kappa shape index (κ3) is 4.21. The van der Waals surface area contributed by atoms with Crippen molar-refractivity contribution in [1.29, 1.82) is 0 Å². The smallest absolute Gasteiger partial charge is 0.316 e. The second-order valence-electron chi connectivity index (χ2n) is 9.72. The van der Waals surface area contributed by atoms with Gasteiger partial charge in [0.1, 0.15) is 23.3 Å². The monoisotopic (exact) mass is 495 g/mol. The van der Waals surface area contributed by atoms with Gasteiger partial charge >= 0.3 is 6.01 Å². The molecule has 36 heavy (non-hydrogen) atoms. The number of benzene rings is 1. The molecular weight excluding hydrogens is 468 g/mol. The molecule has 3 aliphatic rings. The predicted molar refractivity (Wildman–Crippen MR) is 128 cm³/mol. The fourth-order valence-electron chi connectivity index (χ4n) is 5.44. The van der Waals surface area contributed by atoms with Crippen molar-refractivity contribution in [3.63, 3.8) is 0 Å². The largest absolute Gasteiger partial charge is 0.507 e. The van der Waals surface area contributed by atoms with E-state index in [0.29, 0.717) is 28.8 Å². The molecule has 2 bridgehead atoms. The first-order valence-electron chi connectivity index (χ1n) is 12.3. The first-order valence-corrected chi connectivity index (χ1v) is 12.3. The van der Waals surface area contributed by atoms with Crippen LogP contribution in [0.5, 0.6) is 11.8 Å². The molecule has 11 heteroatoms. The Balaban J connectivity index is 1.26. The molecule has 3 fully saturated rings. The molecule has 4 heterocycles. The second-order valence-corrected chi connectivity index (χ2v) is 9.72. The van der Waals surface area contributed by atoms with Crippen LogP contribution in [0.25, 0.3) is 22.5 Å². The molecule has 1 aliphatic carbocycles. The number of aromatic nitrogens is 5. The third-order valence-electron chi connectivity index (χ3n) is 7.33. The van der Waals surface area contributed by atoms with E-state index in [1.165, 1.54) is 19.4 Å². The maximum absolute atomic E-state index is 15.4. The van der Waals surface area contributed by atoms with Crippen molar-refractivity contribution in [3.8, 4) is 34.3 Å². The number of methoxy groups -OCH3 is 1. The number of nitrogens with zero attached hydrogens (tertiary/aromatic N) is 6. The van der Waals surface area contributed by atoms with Gasteiger partial charge < -0.3 is 20.1 Å². The zero-order valence-electron chi connectivity index (χ0n) is 19.8. The lowest BCUT2D eigenvalue weighted by molar-refractivity contribution is 0.103. The molecule has 2 saturated heterocycles. The van der Waals surface area contributed by atoms with E-state index < -0.39 is 12.0 Å². The fraction of sp³-hybridized carbons (Fsp3) is 0.480. The summed E-state index contributed by atoms with van der Waals surface area (Å²) in [5, 5.41) is 22.8. The Hall–Kier alpha value is -3.47. The van der Waals surface area contributed by atoms with Crippen molar-refractivity contribution in [2.24, 2.45) is 0 Å². The maximum atomic E-state index is 15.4. The van der Waals surface area contributed by atoms with E-state index >= 15 is 4.39 Å². The number of nitrogens with one attached hydrogen (secondary N) is 1. The Bertz CT molecular complexity index is 1260. The summed E-state index contributed by atoms with van der Waals surface area (Å²) >= 11 is 0. The molecule has 0 spiro atoms. The Morgan fingerprint density at radius 1 is 1.11 bits per heavy atom. The van der Waals surface area contributed by atoms with E-state index in [0.717, 1.165) is 44.7 Å². The van der Waals surface area contributed by atoms with Crippen LogP contribution in [0.3, 0.4) is 0 Å². The predicted octanol–water partition coefficient (Wildman–Crippen LogP) is 3.44. The van der Waals surface area contributed by atoms with Crippen LogP contribution in [0.1, 0.15) is 38.5 Å². The highest BCUT2D eigenvalue weighted by atomic mass is 19.1. The van der Waals surface area contributed by atoms with Gasteiger partial charge in [0.15, 0.2) is 5.82 Å². The van der Waals surface area contributed by atoms with Gasteiger partial charge in [-0.15, -0.1) is 10.2 Å². The molecular formula is C25H27F2N7O2. The first-order chi connectivity index (χ1) is 17.5. The van der Waals surface area contributed by atoms with E-state index in [9.17, 15) is 9.50 Å². The van der Waals surface area contributed by atoms with Crippen LogP contribution in [-0.4, -0.2) is 67.7 Å². The number of aromatic hydroxyl groups is 1. The molecule has 6 rings (SSSR count). The zero-order chi connectivity index (χ0) is 24.8. The van der Waals surface area contributed by atoms with Gasteiger partial charge in [-0.1, -0.05) is 12.5 Å². The number of piperidine rings is 2. The zero-order valence-corrected chi connectivity index (χ0v) is 19.8. The van der Waals surface area contributed by atoms with Gasteiger partial charge in [-0.3, -0.25) is 0 Å². The minimum atomic E-state index is -0.983. The van der Waals surface area contributed by atoms with Crippen LogP contribution in [0.2, 0.25) is 0 Å². The molecule has 1 saturated carbocycles. The highest BCUT2D eigenvalue weighted by Crippen LogP contribution is 2.39. The van der Waals surface area contributed by atoms with Crippen molar-refractivity contribution in [2.75, 3.05) is 12.0 Å². The summed E-state index contributed by atoms with van der Waals surface area (Å²) < 4.78 is 34.7. The summed E-state index contributed by atoms with van der Waals surface area (Å²) in [6.07, 6.45) is 7.26. The van der Waals surface area contributed by atoms with E-state index in [1.54, 1.807) is 12.1 Å². The fourth-order valence-corrected chi connectivity index (χ4v) is 5.44. The number of phenols is 1. The number of phenolic OH excluding ortho intramolecular Hbond substituents is 1. The standard InChI is InChI=1S/C25H27F2N7O2/c1-36-25-29-11-17(26)23(31-25)13-5-8-16(21(35)9-13)19-12-28-24(33-32-19)34(15-6-7-15)20-10-14-3-2-4-18(30-14)22(20)27/h5,8-9,11-12,14-15,18,20,22,30,35H,2-4,6-7,10H2,1H3/t14-,18-,20-,22+/m0/s1. The lowest BCUT2D eigenvalue weighted by Gasteiger charge is -2.46. The van der Waals surface area contributed by atoms with E-state index in [2.05, 4.69) is 30.5 Å². The van der Waals surface area contributed by atoms with Gasteiger partial charge in [0, 0.05) is 29.3 Å². The first kappa shape index (κ1) is 23.0. The molecule has 2 aromatic heterocycles. The molecule has 0 radical (unpaired) electrons. The number of rotatable bonds is 6. The summed E-state index contributed by atoms with van der Waals surface area (Å²) in [6, 6.07) is 4.81. The highest BCUT2D eigenvalue weighted by Gasteiger charge is 2.47. The summed E-state index contributed by atoms with van der Waals surface area (Å²) in [4.78, 5) is 14.3. The van der Waals surface area contributed by atoms with Crippen molar-refractivity contribution < 1.29 is 18.6 Å². The molecule has 188 valence electrons. The van der Waals surface area contributed by atoms with Crippen LogP contribution in [0.15, 0.2) is 30.6 Å². The number of hydrogen-bond acceptors (Lipinski definition) is 9. The normalized spacial score (nSPS) is 25.4. The number of fused-ring (bicyclic) bond motifs is 2. The number of anilines is 1.